The van der Waals surface area contributed by atoms with E-state index in [1.165, 1.54) is 0 Å². The number of aryl methyl sites for hydroxylation is 1. The van der Waals surface area contributed by atoms with Crippen LogP contribution in [0, 0.1) is 18.8 Å². The van der Waals surface area contributed by atoms with Gasteiger partial charge in [0.25, 0.3) is 0 Å². The fraction of sp³-hybridized carbons (Fsp3) is 0.176. The highest BCUT2D eigenvalue weighted by Crippen LogP contribution is 2.00. The normalized spacial score (nSPS) is 9.38. The molecule has 0 saturated heterocycles. The van der Waals surface area contributed by atoms with Gasteiger partial charge >= 0.3 is 6.09 Å². The molecule has 1 aromatic carbocycles. The fourth-order valence-corrected chi connectivity index (χ4v) is 1.66. The maximum atomic E-state index is 11.5. The van der Waals surface area contributed by atoms with Gasteiger partial charge in [0.15, 0.2) is 0 Å². The summed E-state index contributed by atoms with van der Waals surface area (Å²) in [6.45, 7) is 2.45. The molecule has 1 amide bonds. The SMILES string of the molecule is Cc1cncc(C#CCNC(=O)OCc2ccccc2)c1. The second-order valence-electron chi connectivity index (χ2n) is 4.47. The molecule has 0 atom stereocenters. The number of aromatic nitrogens is 1. The minimum atomic E-state index is -0.476. The number of pyridine rings is 1. The van der Waals surface area contributed by atoms with Crippen LogP contribution in [0.3, 0.4) is 0 Å². The van der Waals surface area contributed by atoms with Crippen LogP contribution < -0.4 is 5.32 Å². The molecule has 1 aromatic heterocycles. The summed E-state index contributed by atoms with van der Waals surface area (Å²) in [6, 6.07) is 11.5. The van der Waals surface area contributed by atoms with Crippen molar-refractivity contribution in [1.82, 2.24) is 10.3 Å². The van der Waals surface area contributed by atoms with E-state index in [0.29, 0.717) is 0 Å². The van der Waals surface area contributed by atoms with E-state index in [4.69, 9.17) is 4.74 Å². The average Bonchev–Trinajstić information content (AvgIpc) is 2.51. The molecule has 0 aliphatic carbocycles. The maximum Gasteiger partial charge on any atom is 0.408 e. The fourth-order valence-electron chi connectivity index (χ4n) is 1.66. The van der Waals surface area contributed by atoms with Gasteiger partial charge < -0.3 is 10.1 Å². The van der Waals surface area contributed by atoms with E-state index in [9.17, 15) is 4.79 Å². The van der Waals surface area contributed by atoms with Crippen molar-refractivity contribution in [1.29, 1.82) is 0 Å². The lowest BCUT2D eigenvalue weighted by atomic mass is 10.2. The molecule has 2 rings (SSSR count). The molecule has 4 nitrogen and oxygen atoms in total. The number of rotatable bonds is 3. The van der Waals surface area contributed by atoms with Crippen molar-refractivity contribution in [2.45, 2.75) is 13.5 Å². The zero-order valence-electron chi connectivity index (χ0n) is 11.8. The Morgan fingerprint density at radius 1 is 1.29 bits per heavy atom. The van der Waals surface area contributed by atoms with Crippen LogP contribution in [0.15, 0.2) is 48.8 Å². The number of carbonyl (C=O) groups is 1. The van der Waals surface area contributed by atoms with Crippen molar-refractivity contribution in [3.8, 4) is 11.8 Å². The summed E-state index contributed by atoms with van der Waals surface area (Å²) in [4.78, 5) is 15.5. The van der Waals surface area contributed by atoms with Gasteiger partial charge in [-0.15, -0.1) is 0 Å². The van der Waals surface area contributed by atoms with Crippen LogP contribution >= 0.6 is 0 Å². The van der Waals surface area contributed by atoms with Gasteiger partial charge in [-0.3, -0.25) is 4.98 Å². The Morgan fingerprint density at radius 2 is 2.10 bits per heavy atom. The molecule has 0 aliphatic heterocycles. The molecule has 2 aromatic rings. The highest BCUT2D eigenvalue weighted by molar-refractivity contribution is 5.67. The lowest BCUT2D eigenvalue weighted by Crippen LogP contribution is -2.24. The molecular formula is C17H16N2O2. The Morgan fingerprint density at radius 3 is 2.86 bits per heavy atom. The Hall–Kier alpha value is -2.80. The Labute approximate surface area is 124 Å². The second-order valence-corrected chi connectivity index (χ2v) is 4.47. The molecule has 0 radical (unpaired) electrons. The molecule has 0 fully saturated rings. The summed E-state index contributed by atoms with van der Waals surface area (Å²) < 4.78 is 5.07. The Balaban J connectivity index is 1.72. The average molecular weight is 280 g/mol. The summed E-state index contributed by atoms with van der Waals surface area (Å²) in [6.07, 6.45) is 2.98. The van der Waals surface area contributed by atoms with Gasteiger partial charge in [-0.25, -0.2) is 4.79 Å². The first-order valence-corrected chi connectivity index (χ1v) is 6.59. The van der Waals surface area contributed by atoms with Crippen LogP contribution in [0.25, 0.3) is 0 Å². The number of nitrogens with zero attached hydrogens (tertiary/aromatic N) is 1. The van der Waals surface area contributed by atoms with Gasteiger partial charge in [0.05, 0.1) is 6.54 Å². The first-order valence-electron chi connectivity index (χ1n) is 6.59. The summed E-state index contributed by atoms with van der Waals surface area (Å²) in [5.74, 6) is 5.79. The zero-order chi connectivity index (χ0) is 14.9. The van der Waals surface area contributed by atoms with Crippen molar-refractivity contribution < 1.29 is 9.53 Å². The highest BCUT2D eigenvalue weighted by Gasteiger charge is 2.00. The number of alkyl carbamates (subject to hydrolysis) is 1. The number of benzene rings is 1. The van der Waals surface area contributed by atoms with Gasteiger partial charge in [0, 0.05) is 18.0 Å². The number of nitrogens with one attached hydrogen (secondary N) is 1. The van der Waals surface area contributed by atoms with E-state index in [1.54, 1.807) is 12.4 Å². The van der Waals surface area contributed by atoms with Gasteiger partial charge in [-0.1, -0.05) is 42.2 Å². The first kappa shape index (κ1) is 14.6. The van der Waals surface area contributed by atoms with E-state index in [0.717, 1.165) is 16.7 Å². The van der Waals surface area contributed by atoms with Crippen LogP contribution in [0.4, 0.5) is 4.79 Å². The quantitative estimate of drug-likeness (QED) is 0.879. The van der Waals surface area contributed by atoms with Gasteiger partial charge in [-0.2, -0.15) is 0 Å². The van der Waals surface area contributed by atoms with Gasteiger partial charge in [0.1, 0.15) is 6.61 Å². The summed E-state index contributed by atoms with van der Waals surface area (Å²) in [5.41, 5.74) is 2.83. The van der Waals surface area contributed by atoms with Crippen molar-refractivity contribution in [3.63, 3.8) is 0 Å². The molecule has 0 spiro atoms. The van der Waals surface area contributed by atoms with Crippen LogP contribution in [-0.4, -0.2) is 17.6 Å². The molecule has 0 bridgehead atoms. The van der Waals surface area contributed by atoms with E-state index in [-0.39, 0.29) is 13.2 Å². The van der Waals surface area contributed by atoms with Crippen LogP contribution in [0.1, 0.15) is 16.7 Å². The second kappa shape index (κ2) is 7.71. The lowest BCUT2D eigenvalue weighted by Gasteiger charge is -2.04. The number of hydrogen-bond donors (Lipinski definition) is 1. The summed E-state index contributed by atoms with van der Waals surface area (Å²) in [5, 5.41) is 2.58. The molecule has 0 aliphatic rings. The largest absolute Gasteiger partial charge is 0.445 e. The number of hydrogen-bond acceptors (Lipinski definition) is 3. The molecule has 0 unspecified atom stereocenters. The van der Waals surface area contributed by atoms with E-state index >= 15 is 0 Å². The first-order chi connectivity index (χ1) is 10.2. The third kappa shape index (κ3) is 5.37. The topological polar surface area (TPSA) is 51.2 Å². The van der Waals surface area contributed by atoms with Crippen molar-refractivity contribution >= 4 is 6.09 Å². The monoisotopic (exact) mass is 280 g/mol. The molecule has 21 heavy (non-hydrogen) atoms. The number of amides is 1. The Kier molecular flexibility index (Phi) is 5.36. The smallest absolute Gasteiger partial charge is 0.408 e. The number of ether oxygens (including phenoxy) is 1. The Bertz CT molecular complexity index is 657. The maximum absolute atomic E-state index is 11.5. The molecule has 4 heteroatoms. The highest BCUT2D eigenvalue weighted by atomic mass is 16.5. The zero-order valence-corrected chi connectivity index (χ0v) is 11.8. The van der Waals surface area contributed by atoms with Crippen molar-refractivity contribution in [3.05, 3.63) is 65.5 Å². The van der Waals surface area contributed by atoms with Crippen molar-refractivity contribution in [2.75, 3.05) is 6.54 Å². The molecule has 106 valence electrons. The van der Waals surface area contributed by atoms with Crippen LogP contribution in [0.5, 0.6) is 0 Å². The molecule has 1 heterocycles. The standard InChI is InChI=1S/C17H16N2O2/c1-14-10-16(12-18-11-14)8-5-9-19-17(20)21-13-15-6-3-2-4-7-15/h2-4,6-7,10-12H,9,13H2,1H3,(H,19,20). The molecule has 1 N–H and O–H groups in total. The lowest BCUT2D eigenvalue weighted by molar-refractivity contribution is 0.141. The van der Waals surface area contributed by atoms with E-state index in [1.807, 2.05) is 43.3 Å². The third-order valence-corrected chi connectivity index (χ3v) is 2.64. The summed E-state index contributed by atoms with van der Waals surface area (Å²) in [7, 11) is 0. The van der Waals surface area contributed by atoms with Gasteiger partial charge in [0.2, 0.25) is 0 Å². The molecular weight excluding hydrogens is 264 g/mol. The van der Waals surface area contributed by atoms with Crippen LogP contribution in [0.2, 0.25) is 0 Å². The summed E-state index contributed by atoms with van der Waals surface area (Å²) >= 11 is 0. The third-order valence-electron chi connectivity index (χ3n) is 2.64. The minimum absolute atomic E-state index is 0.238. The van der Waals surface area contributed by atoms with Gasteiger partial charge in [-0.05, 0) is 24.1 Å². The predicted molar refractivity (Wildman–Crippen MR) is 80.5 cm³/mol. The van der Waals surface area contributed by atoms with E-state index in [2.05, 4.69) is 22.1 Å². The number of carbonyl (C=O) groups excluding carboxylic acids is 1. The van der Waals surface area contributed by atoms with Crippen LogP contribution in [-0.2, 0) is 11.3 Å². The molecule has 0 saturated carbocycles. The minimum Gasteiger partial charge on any atom is -0.445 e. The predicted octanol–water partition coefficient (Wildman–Crippen LogP) is 2.67. The van der Waals surface area contributed by atoms with E-state index < -0.39 is 6.09 Å². The van der Waals surface area contributed by atoms with Crippen molar-refractivity contribution in [2.24, 2.45) is 0 Å².